The number of carbonyl (C=O) groups is 1. The highest BCUT2D eigenvalue weighted by atomic mass is 79.9. The summed E-state index contributed by atoms with van der Waals surface area (Å²) in [6, 6.07) is 6.91. The van der Waals surface area contributed by atoms with Crippen LogP contribution in [0.2, 0.25) is 0 Å². The molecule has 0 unspecified atom stereocenters. The van der Waals surface area contributed by atoms with Gasteiger partial charge in [0.05, 0.1) is 25.3 Å². The lowest BCUT2D eigenvalue weighted by Crippen LogP contribution is -3.10. The molecule has 1 saturated heterocycles. The van der Waals surface area contributed by atoms with Gasteiger partial charge in [-0.1, -0.05) is 27.7 Å². The lowest BCUT2D eigenvalue weighted by atomic mass is 10.0. The molecule has 0 radical (unpaired) electrons. The highest BCUT2D eigenvalue weighted by Crippen LogP contribution is 2.40. The van der Waals surface area contributed by atoms with E-state index in [9.17, 15) is 9.90 Å². The Balaban J connectivity index is 1.48. The van der Waals surface area contributed by atoms with Gasteiger partial charge in [-0.3, -0.25) is 4.79 Å². The molecule has 6 nitrogen and oxygen atoms in total. The van der Waals surface area contributed by atoms with Crippen LogP contribution in [0.4, 0.5) is 0 Å². The minimum absolute atomic E-state index is 0.0649. The third kappa shape index (κ3) is 4.10. The number of fused-ring (bicyclic) bond motifs is 2. The molecule has 2 aromatic rings. The van der Waals surface area contributed by atoms with E-state index < -0.39 is 0 Å². The molecule has 162 valence electrons. The fourth-order valence-corrected chi connectivity index (χ4v) is 5.09. The predicted octanol–water partition coefficient (Wildman–Crippen LogP) is 2.96. The molecule has 0 saturated carbocycles. The quantitative estimate of drug-likeness (QED) is 0.676. The molecule has 0 aliphatic carbocycles. The summed E-state index contributed by atoms with van der Waals surface area (Å²) >= 11 is 3.51. The van der Waals surface area contributed by atoms with Crippen LogP contribution in [0.3, 0.4) is 0 Å². The van der Waals surface area contributed by atoms with Gasteiger partial charge in [-0.25, -0.2) is 0 Å². The maximum Gasteiger partial charge on any atom is 0.231 e. The summed E-state index contributed by atoms with van der Waals surface area (Å²) in [7, 11) is 0. The van der Waals surface area contributed by atoms with E-state index in [1.165, 1.54) is 36.6 Å². The Morgan fingerprint density at radius 1 is 1.10 bits per heavy atom. The fourth-order valence-electron chi connectivity index (χ4n) is 4.57. The molecule has 31 heavy (non-hydrogen) atoms. The first kappa shape index (κ1) is 20.5. The summed E-state index contributed by atoms with van der Waals surface area (Å²) in [5.74, 6) is 1.05. The molecular formula is C24H24BrNO5. The van der Waals surface area contributed by atoms with Gasteiger partial charge in [0.15, 0.2) is 12.6 Å². The topological polar surface area (TPSA) is 72.3 Å². The van der Waals surface area contributed by atoms with Crippen LogP contribution in [0.5, 0.6) is 17.2 Å². The second kappa shape index (κ2) is 8.65. The Bertz CT molecular complexity index is 1060. The van der Waals surface area contributed by atoms with Crippen molar-refractivity contribution >= 4 is 27.8 Å². The average Bonchev–Trinajstić information content (AvgIpc) is 2.92. The van der Waals surface area contributed by atoms with Crippen molar-refractivity contribution in [2.75, 3.05) is 19.9 Å². The van der Waals surface area contributed by atoms with Gasteiger partial charge in [-0.15, -0.1) is 0 Å². The predicted molar refractivity (Wildman–Crippen MR) is 116 cm³/mol. The second-order valence-corrected chi connectivity index (χ2v) is 9.21. The molecule has 0 amide bonds. The Morgan fingerprint density at radius 3 is 2.71 bits per heavy atom. The number of hydrogen-bond acceptors (Lipinski definition) is 5. The summed E-state index contributed by atoms with van der Waals surface area (Å²) in [4.78, 5) is 14.5. The average molecular weight is 486 g/mol. The molecular weight excluding hydrogens is 462 g/mol. The SMILES string of the molecule is O=C1C(=Cc2cc(Br)cc3c2OCOC3)Oc2c1ccc([O-])c2C[NH+]1CCCCCC1. The van der Waals surface area contributed by atoms with Crippen molar-refractivity contribution in [3.05, 3.63) is 56.8 Å². The number of quaternary nitrogens is 1. The van der Waals surface area contributed by atoms with E-state index in [4.69, 9.17) is 14.2 Å². The number of nitrogens with one attached hydrogen (secondary N) is 1. The van der Waals surface area contributed by atoms with Crippen LogP contribution < -0.4 is 19.5 Å². The zero-order chi connectivity index (χ0) is 21.4. The van der Waals surface area contributed by atoms with Crippen LogP contribution in [-0.2, 0) is 17.9 Å². The van der Waals surface area contributed by atoms with E-state index in [-0.39, 0.29) is 24.1 Å². The molecule has 0 aromatic heterocycles. The summed E-state index contributed by atoms with van der Waals surface area (Å²) in [5, 5.41) is 12.7. The Kier molecular flexibility index (Phi) is 5.73. The number of Topliss-reactive ketones (excluding diaryl/α,β-unsaturated/α-hetero) is 1. The molecule has 1 fully saturated rings. The lowest BCUT2D eigenvalue weighted by molar-refractivity contribution is -0.913. The molecule has 1 N–H and O–H groups in total. The van der Waals surface area contributed by atoms with Gasteiger partial charge in [0.1, 0.15) is 18.0 Å². The first-order chi connectivity index (χ1) is 15.1. The summed E-state index contributed by atoms with van der Waals surface area (Å²) in [5.41, 5.74) is 2.71. The van der Waals surface area contributed by atoms with Gasteiger partial charge in [0.2, 0.25) is 5.78 Å². The minimum Gasteiger partial charge on any atom is -0.872 e. The van der Waals surface area contributed by atoms with Crippen LogP contribution >= 0.6 is 15.9 Å². The maximum atomic E-state index is 13.1. The molecule has 5 rings (SSSR count). The van der Waals surface area contributed by atoms with Crippen molar-refractivity contribution in [1.29, 1.82) is 0 Å². The third-order valence-corrected chi connectivity index (χ3v) is 6.58. The molecule has 3 heterocycles. The van der Waals surface area contributed by atoms with Crippen molar-refractivity contribution in [2.45, 2.75) is 38.8 Å². The van der Waals surface area contributed by atoms with E-state index in [0.717, 1.165) is 28.7 Å². The number of halogens is 1. The lowest BCUT2D eigenvalue weighted by Gasteiger charge is -2.22. The fraction of sp³-hybridized carbons (Fsp3) is 0.375. The third-order valence-electron chi connectivity index (χ3n) is 6.13. The van der Waals surface area contributed by atoms with Crippen LogP contribution in [0.25, 0.3) is 6.08 Å². The molecule has 0 bridgehead atoms. The molecule has 0 spiro atoms. The van der Waals surface area contributed by atoms with Crippen molar-refractivity contribution < 1.29 is 29.0 Å². The van der Waals surface area contributed by atoms with Gasteiger partial charge >= 0.3 is 0 Å². The standard InChI is InChI=1S/C24H24BrNO5/c25-17-9-15(23-16(10-17)13-29-14-30-23)11-21-22(28)18-5-6-20(27)19(24(18)31-21)12-26-7-3-1-2-4-8-26/h5-6,9-11,27H,1-4,7-8,12-14H2. The molecule has 3 aliphatic rings. The number of carbonyl (C=O) groups excluding carboxylic acids is 1. The number of ketones is 1. The largest absolute Gasteiger partial charge is 0.872 e. The zero-order valence-electron chi connectivity index (χ0n) is 17.2. The Labute approximate surface area is 189 Å². The molecule has 3 aliphatic heterocycles. The van der Waals surface area contributed by atoms with E-state index >= 15 is 0 Å². The number of benzene rings is 2. The van der Waals surface area contributed by atoms with Crippen LogP contribution in [0, 0.1) is 0 Å². The van der Waals surface area contributed by atoms with Gasteiger partial charge in [0, 0.05) is 21.2 Å². The first-order valence-electron chi connectivity index (χ1n) is 10.7. The summed E-state index contributed by atoms with van der Waals surface area (Å²) in [6.45, 7) is 3.30. The molecule has 2 aromatic carbocycles. The van der Waals surface area contributed by atoms with E-state index in [1.54, 1.807) is 12.1 Å². The van der Waals surface area contributed by atoms with E-state index in [0.29, 0.717) is 35.8 Å². The first-order valence-corrected chi connectivity index (χ1v) is 11.5. The Hall–Kier alpha value is -2.35. The van der Waals surface area contributed by atoms with Gasteiger partial charge in [-0.05, 0) is 50.0 Å². The summed E-state index contributed by atoms with van der Waals surface area (Å²) < 4.78 is 17.9. The highest BCUT2D eigenvalue weighted by molar-refractivity contribution is 9.10. The van der Waals surface area contributed by atoms with Crippen LogP contribution in [0.15, 0.2) is 34.5 Å². The molecule has 0 atom stereocenters. The second-order valence-electron chi connectivity index (χ2n) is 8.29. The molecule has 7 heteroatoms. The van der Waals surface area contributed by atoms with Crippen molar-refractivity contribution in [1.82, 2.24) is 0 Å². The summed E-state index contributed by atoms with van der Waals surface area (Å²) in [6.07, 6.45) is 6.52. The van der Waals surface area contributed by atoms with Gasteiger partial charge < -0.3 is 24.2 Å². The van der Waals surface area contributed by atoms with E-state index in [1.807, 2.05) is 12.1 Å². The number of allylic oxidation sites excluding steroid dienone is 1. The minimum atomic E-state index is -0.206. The highest BCUT2D eigenvalue weighted by Gasteiger charge is 2.32. The van der Waals surface area contributed by atoms with Crippen molar-refractivity contribution in [2.24, 2.45) is 0 Å². The maximum absolute atomic E-state index is 13.1. The van der Waals surface area contributed by atoms with Crippen molar-refractivity contribution in [3.63, 3.8) is 0 Å². The van der Waals surface area contributed by atoms with Gasteiger partial charge in [0.25, 0.3) is 0 Å². The van der Waals surface area contributed by atoms with Crippen LogP contribution in [-0.4, -0.2) is 25.7 Å². The van der Waals surface area contributed by atoms with Crippen LogP contribution in [0.1, 0.15) is 52.7 Å². The van der Waals surface area contributed by atoms with Gasteiger partial charge in [-0.2, -0.15) is 0 Å². The normalized spacial score (nSPS) is 20.0. The zero-order valence-corrected chi connectivity index (χ0v) is 18.8. The van der Waals surface area contributed by atoms with E-state index in [2.05, 4.69) is 15.9 Å². The number of likely N-dealkylation sites (tertiary alicyclic amines) is 1. The number of ether oxygens (including phenoxy) is 3. The Morgan fingerprint density at radius 2 is 1.90 bits per heavy atom. The van der Waals surface area contributed by atoms with Crippen molar-refractivity contribution in [3.8, 4) is 17.2 Å². The number of rotatable bonds is 3. The monoisotopic (exact) mass is 485 g/mol. The number of hydrogen-bond donors (Lipinski definition) is 1. The smallest absolute Gasteiger partial charge is 0.231 e.